The van der Waals surface area contributed by atoms with Gasteiger partial charge >= 0.3 is 0 Å². The number of hydrogen-bond acceptors (Lipinski definition) is 2. The zero-order valence-electron chi connectivity index (χ0n) is 11.3. The van der Waals surface area contributed by atoms with E-state index in [-0.39, 0.29) is 17.5 Å². The van der Waals surface area contributed by atoms with E-state index < -0.39 is 0 Å². The summed E-state index contributed by atoms with van der Waals surface area (Å²) in [6.45, 7) is 0. The zero-order valence-corrected chi connectivity index (χ0v) is 11.3. The first kappa shape index (κ1) is 12.7. The topological polar surface area (TPSA) is 55.1 Å². The van der Waals surface area contributed by atoms with Gasteiger partial charge in [0.2, 0.25) is 5.91 Å². The first-order chi connectivity index (χ1) is 9.16. The minimum Gasteiger partial charge on any atom is -0.349 e. The zero-order chi connectivity index (χ0) is 13.3. The molecule has 1 atom stereocenters. The molecule has 3 nitrogen and oxygen atoms in total. The number of rotatable bonds is 5. The number of amides is 1. The Kier molecular flexibility index (Phi) is 3.31. The van der Waals surface area contributed by atoms with Crippen LogP contribution in [0.25, 0.3) is 0 Å². The Bertz CT molecular complexity index is 449. The quantitative estimate of drug-likeness (QED) is 0.852. The van der Waals surface area contributed by atoms with Crippen molar-refractivity contribution in [3.8, 4) is 0 Å². The molecule has 0 aromatic heterocycles. The second kappa shape index (κ2) is 4.97. The van der Waals surface area contributed by atoms with Gasteiger partial charge in [-0.3, -0.25) is 4.79 Å². The average molecular weight is 258 g/mol. The Labute approximate surface area is 114 Å². The van der Waals surface area contributed by atoms with E-state index in [9.17, 15) is 4.79 Å². The Balaban J connectivity index is 1.63. The van der Waals surface area contributed by atoms with Crippen LogP contribution in [0, 0.1) is 5.92 Å². The molecule has 1 aromatic carbocycles. The monoisotopic (exact) mass is 258 g/mol. The van der Waals surface area contributed by atoms with Crippen LogP contribution in [0.5, 0.6) is 0 Å². The van der Waals surface area contributed by atoms with E-state index >= 15 is 0 Å². The molecular weight excluding hydrogens is 236 g/mol. The molecule has 0 aliphatic heterocycles. The maximum atomic E-state index is 12.2. The van der Waals surface area contributed by atoms with Gasteiger partial charge in [-0.05, 0) is 43.6 Å². The van der Waals surface area contributed by atoms with Crippen molar-refractivity contribution in [3.63, 3.8) is 0 Å². The lowest BCUT2D eigenvalue weighted by Gasteiger charge is -2.37. The van der Waals surface area contributed by atoms with Crippen LogP contribution < -0.4 is 11.1 Å². The minimum absolute atomic E-state index is 0.114. The number of hydrogen-bond donors (Lipinski definition) is 2. The first-order valence-electron chi connectivity index (χ1n) is 7.29. The molecular formula is C16H22N2O. The maximum absolute atomic E-state index is 12.2. The van der Waals surface area contributed by atoms with Gasteiger partial charge in [-0.2, -0.15) is 0 Å². The van der Waals surface area contributed by atoms with Gasteiger partial charge < -0.3 is 11.1 Å². The lowest BCUT2D eigenvalue weighted by atomic mass is 9.75. The van der Waals surface area contributed by atoms with Gasteiger partial charge in [0, 0.05) is 12.0 Å². The number of nitrogens with two attached hydrogens (primary N) is 1. The molecule has 0 saturated heterocycles. The Morgan fingerprint density at radius 2 is 2.00 bits per heavy atom. The molecule has 19 heavy (non-hydrogen) atoms. The van der Waals surface area contributed by atoms with Crippen molar-refractivity contribution in [3.05, 3.63) is 35.9 Å². The Morgan fingerprint density at radius 1 is 1.32 bits per heavy atom. The minimum atomic E-state index is -0.227. The number of carbonyl (C=O) groups excluding carboxylic acids is 1. The fourth-order valence-electron chi connectivity index (χ4n) is 2.92. The smallest absolute Gasteiger partial charge is 0.222 e. The summed E-state index contributed by atoms with van der Waals surface area (Å²) in [4.78, 5) is 12.2. The first-order valence-corrected chi connectivity index (χ1v) is 7.29. The van der Waals surface area contributed by atoms with Gasteiger partial charge in [0.1, 0.15) is 0 Å². The largest absolute Gasteiger partial charge is 0.349 e. The van der Waals surface area contributed by atoms with Crippen molar-refractivity contribution >= 4 is 5.91 Å². The lowest BCUT2D eigenvalue weighted by molar-refractivity contribution is -0.123. The molecule has 2 saturated carbocycles. The number of benzene rings is 1. The summed E-state index contributed by atoms with van der Waals surface area (Å²) in [5.41, 5.74) is 7.14. The van der Waals surface area contributed by atoms with Crippen LogP contribution in [0.2, 0.25) is 0 Å². The molecule has 0 radical (unpaired) electrons. The molecule has 3 rings (SSSR count). The summed E-state index contributed by atoms with van der Waals surface area (Å²) in [6, 6.07) is 10.5. The molecule has 1 unspecified atom stereocenters. The van der Waals surface area contributed by atoms with Crippen molar-refractivity contribution < 1.29 is 4.79 Å². The summed E-state index contributed by atoms with van der Waals surface area (Å²) in [5, 5.41) is 3.20. The fraction of sp³-hybridized carbons (Fsp3) is 0.562. The maximum Gasteiger partial charge on any atom is 0.222 e. The molecule has 3 N–H and O–H groups in total. The van der Waals surface area contributed by atoms with Crippen molar-refractivity contribution in [2.45, 2.75) is 50.1 Å². The highest BCUT2D eigenvalue weighted by Crippen LogP contribution is 2.41. The lowest BCUT2D eigenvalue weighted by Crippen LogP contribution is -2.50. The van der Waals surface area contributed by atoms with E-state index in [2.05, 4.69) is 17.4 Å². The summed E-state index contributed by atoms with van der Waals surface area (Å²) in [6.07, 6.45) is 6.04. The van der Waals surface area contributed by atoms with Crippen molar-refractivity contribution in [2.24, 2.45) is 11.7 Å². The van der Waals surface area contributed by atoms with E-state index in [1.807, 2.05) is 18.2 Å². The molecule has 1 amide bonds. The van der Waals surface area contributed by atoms with Crippen molar-refractivity contribution in [1.29, 1.82) is 0 Å². The molecule has 102 valence electrons. The Hall–Kier alpha value is -1.35. The van der Waals surface area contributed by atoms with E-state index in [1.165, 1.54) is 18.4 Å². The molecule has 3 heteroatoms. The van der Waals surface area contributed by atoms with Gasteiger partial charge in [-0.1, -0.05) is 30.3 Å². The predicted octanol–water partition coefficient (Wildman–Crippen LogP) is 2.53. The van der Waals surface area contributed by atoms with Crippen molar-refractivity contribution in [2.75, 3.05) is 0 Å². The van der Waals surface area contributed by atoms with Gasteiger partial charge in [0.25, 0.3) is 0 Å². The summed E-state index contributed by atoms with van der Waals surface area (Å²) in [7, 11) is 0. The van der Waals surface area contributed by atoms with Gasteiger partial charge in [0.05, 0.1) is 6.04 Å². The predicted molar refractivity (Wildman–Crippen MR) is 75.4 cm³/mol. The second-order valence-electron chi connectivity index (χ2n) is 6.19. The number of carbonyl (C=O) groups is 1. The van der Waals surface area contributed by atoms with E-state index in [0.29, 0.717) is 12.3 Å². The highest BCUT2D eigenvalue weighted by atomic mass is 16.1. The second-order valence-corrected chi connectivity index (χ2v) is 6.19. The van der Waals surface area contributed by atoms with Gasteiger partial charge in [0.15, 0.2) is 0 Å². The van der Waals surface area contributed by atoms with E-state index in [0.717, 1.165) is 19.3 Å². The molecule has 0 bridgehead atoms. The molecule has 0 heterocycles. The average Bonchev–Trinajstić information content (AvgIpc) is 3.19. The molecule has 1 aromatic rings. The van der Waals surface area contributed by atoms with Gasteiger partial charge in [-0.25, -0.2) is 0 Å². The molecule has 0 spiro atoms. The molecule has 2 aliphatic rings. The van der Waals surface area contributed by atoms with Gasteiger partial charge in [-0.15, -0.1) is 0 Å². The van der Waals surface area contributed by atoms with E-state index in [4.69, 9.17) is 5.73 Å². The van der Waals surface area contributed by atoms with Crippen LogP contribution in [-0.4, -0.2) is 11.4 Å². The van der Waals surface area contributed by atoms with Crippen LogP contribution in [0.3, 0.4) is 0 Å². The van der Waals surface area contributed by atoms with Crippen LogP contribution in [-0.2, 0) is 4.79 Å². The molecule has 2 aliphatic carbocycles. The summed E-state index contributed by atoms with van der Waals surface area (Å²) < 4.78 is 0. The summed E-state index contributed by atoms with van der Waals surface area (Å²) in [5.74, 6) is 0.726. The SMILES string of the molecule is NC1(CC(=O)NC(c2ccccc2)C2CC2)CCC1. The van der Waals surface area contributed by atoms with E-state index in [1.54, 1.807) is 0 Å². The third kappa shape index (κ3) is 2.98. The highest BCUT2D eigenvalue weighted by Gasteiger charge is 2.37. The normalized spacial score (nSPS) is 22.4. The highest BCUT2D eigenvalue weighted by molar-refractivity contribution is 5.78. The van der Waals surface area contributed by atoms with Crippen LogP contribution in [0.1, 0.15) is 50.1 Å². The van der Waals surface area contributed by atoms with Crippen LogP contribution in [0.4, 0.5) is 0 Å². The summed E-state index contributed by atoms with van der Waals surface area (Å²) >= 11 is 0. The third-order valence-corrected chi connectivity index (χ3v) is 4.43. The van der Waals surface area contributed by atoms with Crippen LogP contribution in [0.15, 0.2) is 30.3 Å². The molecule has 2 fully saturated rings. The Morgan fingerprint density at radius 3 is 2.53 bits per heavy atom. The van der Waals surface area contributed by atoms with Crippen molar-refractivity contribution in [1.82, 2.24) is 5.32 Å². The number of nitrogens with one attached hydrogen (secondary N) is 1. The third-order valence-electron chi connectivity index (χ3n) is 4.43. The standard InChI is InChI=1S/C16H22N2O/c17-16(9-4-10-16)11-14(19)18-15(13-7-8-13)12-5-2-1-3-6-12/h1-3,5-6,13,15H,4,7-11,17H2,(H,18,19). The van der Waals surface area contributed by atoms with Crippen LogP contribution >= 0.6 is 0 Å². The fourth-order valence-corrected chi connectivity index (χ4v) is 2.92.